The Balaban J connectivity index is 1.76. The van der Waals surface area contributed by atoms with E-state index in [2.05, 4.69) is 22.6 Å². The summed E-state index contributed by atoms with van der Waals surface area (Å²) in [5, 5.41) is 15.5. The molecule has 1 aromatic rings. The number of amides is 2. The molecular weight excluding hydrogens is 309 g/mol. The third kappa shape index (κ3) is 4.83. The molecule has 1 aromatic carbocycles. The van der Waals surface area contributed by atoms with Crippen LogP contribution in [0.2, 0.25) is 5.02 Å². The van der Waals surface area contributed by atoms with Gasteiger partial charge in [-0.1, -0.05) is 17.7 Å². The monoisotopic (exact) mass is 329 g/mol. The number of nitrogens with zero attached hydrogens (tertiary/aromatic N) is 1. The molecule has 1 unspecified atom stereocenters. The molecule has 3 N–H and O–H groups in total. The van der Waals surface area contributed by atoms with E-state index in [0.717, 1.165) is 25.9 Å². The van der Waals surface area contributed by atoms with Crippen LogP contribution in [0.1, 0.15) is 24.5 Å². The van der Waals surface area contributed by atoms with E-state index in [-0.39, 0.29) is 23.6 Å². The van der Waals surface area contributed by atoms with Gasteiger partial charge in [0.05, 0.1) is 11.1 Å². The Morgan fingerprint density at radius 1 is 1.50 bits per heavy atom. The highest BCUT2D eigenvalue weighted by atomic mass is 35.5. The number of rotatable bonds is 4. The molecule has 0 saturated carbocycles. The van der Waals surface area contributed by atoms with Crippen molar-refractivity contribution in [3.8, 4) is 0 Å². The van der Waals surface area contributed by atoms with Gasteiger partial charge in [0.1, 0.15) is 5.82 Å². The Morgan fingerprint density at radius 2 is 2.18 bits per heavy atom. The maximum Gasteiger partial charge on any atom is 0.315 e. The van der Waals surface area contributed by atoms with Crippen molar-refractivity contribution in [1.82, 2.24) is 15.5 Å². The van der Waals surface area contributed by atoms with Crippen LogP contribution in [0.3, 0.4) is 0 Å². The average molecular weight is 330 g/mol. The lowest BCUT2D eigenvalue weighted by molar-refractivity contribution is 0.170. The maximum atomic E-state index is 13.3. The van der Waals surface area contributed by atoms with E-state index in [1.54, 1.807) is 0 Å². The van der Waals surface area contributed by atoms with Crippen molar-refractivity contribution in [2.75, 3.05) is 26.7 Å². The smallest absolute Gasteiger partial charge is 0.315 e. The number of nitrogens with one attached hydrogen (secondary N) is 2. The standard InChI is InChI=1S/C15H21ClFN3O2/c1-20-6-4-11(5-7-20)19-15(22)18-9-14(21)10-2-3-12(16)13(17)8-10/h2-3,8,11,14,21H,4-7,9H2,1H3,(H2,18,19,22). The molecule has 7 heteroatoms. The predicted octanol–water partition coefficient (Wildman–Crippen LogP) is 1.91. The highest BCUT2D eigenvalue weighted by Crippen LogP contribution is 2.19. The first-order valence-corrected chi connectivity index (χ1v) is 7.69. The van der Waals surface area contributed by atoms with Crippen LogP contribution in [-0.4, -0.2) is 48.8 Å². The van der Waals surface area contributed by atoms with Gasteiger partial charge >= 0.3 is 6.03 Å². The van der Waals surface area contributed by atoms with Crippen molar-refractivity contribution < 1.29 is 14.3 Å². The number of halogens is 2. The summed E-state index contributed by atoms with van der Waals surface area (Å²) in [4.78, 5) is 14.0. The van der Waals surface area contributed by atoms with Crippen LogP contribution in [0, 0.1) is 5.82 Å². The van der Waals surface area contributed by atoms with Crippen LogP contribution in [0.15, 0.2) is 18.2 Å². The second kappa shape index (κ2) is 7.76. The number of aliphatic hydroxyl groups is 1. The van der Waals surface area contributed by atoms with E-state index < -0.39 is 11.9 Å². The minimum Gasteiger partial charge on any atom is -0.387 e. The zero-order valence-corrected chi connectivity index (χ0v) is 13.2. The van der Waals surface area contributed by atoms with E-state index in [1.807, 2.05) is 0 Å². The molecular formula is C15H21ClFN3O2. The zero-order valence-electron chi connectivity index (χ0n) is 12.5. The third-order valence-corrected chi connectivity index (χ3v) is 4.14. The van der Waals surface area contributed by atoms with E-state index >= 15 is 0 Å². The largest absolute Gasteiger partial charge is 0.387 e. The van der Waals surface area contributed by atoms with Gasteiger partial charge in [0, 0.05) is 12.6 Å². The fourth-order valence-corrected chi connectivity index (χ4v) is 2.53. The summed E-state index contributed by atoms with van der Waals surface area (Å²) >= 11 is 5.59. The number of hydrogen-bond acceptors (Lipinski definition) is 3. The van der Waals surface area contributed by atoms with Crippen LogP contribution in [0.5, 0.6) is 0 Å². The minimum absolute atomic E-state index is 0.00363. The Morgan fingerprint density at radius 3 is 2.82 bits per heavy atom. The molecule has 1 aliphatic heterocycles. The van der Waals surface area contributed by atoms with Crippen molar-refractivity contribution in [2.45, 2.75) is 25.0 Å². The van der Waals surface area contributed by atoms with Gasteiger partial charge in [0.25, 0.3) is 0 Å². The highest BCUT2D eigenvalue weighted by molar-refractivity contribution is 6.30. The van der Waals surface area contributed by atoms with Crippen molar-refractivity contribution in [3.63, 3.8) is 0 Å². The van der Waals surface area contributed by atoms with Crippen LogP contribution in [0.25, 0.3) is 0 Å². The summed E-state index contributed by atoms with van der Waals surface area (Å²) in [6.45, 7) is 1.93. The molecule has 22 heavy (non-hydrogen) atoms. The Kier molecular flexibility index (Phi) is 5.99. The van der Waals surface area contributed by atoms with Gasteiger partial charge in [-0.05, 0) is 50.7 Å². The number of hydrogen-bond donors (Lipinski definition) is 3. The number of benzene rings is 1. The first-order valence-electron chi connectivity index (χ1n) is 7.31. The summed E-state index contributed by atoms with van der Waals surface area (Å²) in [5.74, 6) is -0.589. The molecule has 1 atom stereocenters. The number of likely N-dealkylation sites (tertiary alicyclic amines) is 1. The Labute approximate surface area is 134 Å². The van der Waals surface area contributed by atoms with Gasteiger partial charge in [0.2, 0.25) is 0 Å². The minimum atomic E-state index is -0.977. The normalized spacial score (nSPS) is 18.0. The van der Waals surface area contributed by atoms with Crippen molar-refractivity contribution in [2.24, 2.45) is 0 Å². The molecule has 122 valence electrons. The molecule has 1 saturated heterocycles. The fraction of sp³-hybridized carbons (Fsp3) is 0.533. The molecule has 2 rings (SSSR count). The second-order valence-corrected chi connectivity index (χ2v) is 6.03. The van der Waals surface area contributed by atoms with Gasteiger partial charge in [-0.2, -0.15) is 0 Å². The Hall–Kier alpha value is -1.37. The lowest BCUT2D eigenvalue weighted by Crippen LogP contribution is -2.47. The average Bonchev–Trinajstić information content (AvgIpc) is 2.50. The summed E-state index contributed by atoms with van der Waals surface area (Å²) in [6, 6.07) is 3.92. The topological polar surface area (TPSA) is 64.6 Å². The van der Waals surface area contributed by atoms with E-state index in [4.69, 9.17) is 11.6 Å². The van der Waals surface area contributed by atoms with Crippen LogP contribution < -0.4 is 10.6 Å². The number of carbonyl (C=O) groups is 1. The maximum absolute atomic E-state index is 13.3. The van der Waals surface area contributed by atoms with Gasteiger partial charge in [-0.25, -0.2) is 9.18 Å². The van der Waals surface area contributed by atoms with Gasteiger partial charge < -0.3 is 20.6 Å². The molecule has 2 amide bonds. The number of urea groups is 1. The van der Waals surface area contributed by atoms with Crippen molar-refractivity contribution in [1.29, 1.82) is 0 Å². The molecule has 0 spiro atoms. The molecule has 0 aromatic heterocycles. The molecule has 1 fully saturated rings. The molecule has 5 nitrogen and oxygen atoms in total. The van der Waals surface area contributed by atoms with Crippen LogP contribution in [0.4, 0.5) is 9.18 Å². The number of piperidine rings is 1. The molecule has 0 bridgehead atoms. The van der Waals surface area contributed by atoms with Gasteiger partial charge in [0.15, 0.2) is 0 Å². The summed E-state index contributed by atoms with van der Waals surface area (Å²) in [7, 11) is 2.05. The summed E-state index contributed by atoms with van der Waals surface area (Å²) in [6.07, 6.45) is 0.846. The van der Waals surface area contributed by atoms with Gasteiger partial charge in [-0.3, -0.25) is 0 Å². The first kappa shape index (κ1) is 17.0. The number of aliphatic hydroxyl groups excluding tert-OH is 1. The molecule has 0 aliphatic carbocycles. The lowest BCUT2D eigenvalue weighted by Gasteiger charge is -2.29. The van der Waals surface area contributed by atoms with E-state index in [0.29, 0.717) is 5.56 Å². The van der Waals surface area contributed by atoms with Crippen molar-refractivity contribution >= 4 is 17.6 Å². The lowest BCUT2D eigenvalue weighted by atomic mass is 10.1. The Bertz CT molecular complexity index is 522. The summed E-state index contributed by atoms with van der Waals surface area (Å²) in [5.41, 5.74) is 0.376. The van der Waals surface area contributed by atoms with Crippen molar-refractivity contribution in [3.05, 3.63) is 34.6 Å². The molecule has 1 aliphatic rings. The first-order chi connectivity index (χ1) is 10.5. The second-order valence-electron chi connectivity index (χ2n) is 5.62. The highest BCUT2D eigenvalue weighted by Gasteiger charge is 2.19. The van der Waals surface area contributed by atoms with E-state index in [1.165, 1.54) is 18.2 Å². The zero-order chi connectivity index (χ0) is 16.1. The quantitative estimate of drug-likeness (QED) is 0.790. The van der Waals surface area contributed by atoms with Gasteiger partial charge in [-0.15, -0.1) is 0 Å². The molecule has 1 heterocycles. The SMILES string of the molecule is CN1CCC(NC(=O)NCC(O)c2ccc(Cl)c(F)c2)CC1. The number of carbonyl (C=O) groups excluding carboxylic acids is 1. The van der Waals surface area contributed by atoms with E-state index in [9.17, 15) is 14.3 Å². The fourth-order valence-electron chi connectivity index (χ4n) is 2.42. The van der Waals surface area contributed by atoms with Crippen LogP contribution >= 0.6 is 11.6 Å². The summed E-state index contributed by atoms with van der Waals surface area (Å²) < 4.78 is 13.3. The third-order valence-electron chi connectivity index (χ3n) is 3.84. The predicted molar refractivity (Wildman–Crippen MR) is 83.4 cm³/mol. The molecule has 0 radical (unpaired) electrons. The van der Waals surface area contributed by atoms with Crippen LogP contribution in [-0.2, 0) is 0 Å².